The molecule has 3 N–H and O–H groups in total. The van der Waals surface area contributed by atoms with Crippen molar-refractivity contribution in [2.45, 2.75) is 223 Å². The summed E-state index contributed by atoms with van der Waals surface area (Å²) >= 11 is 0. The van der Waals surface area contributed by atoms with Crippen molar-refractivity contribution in [2.75, 3.05) is 6.61 Å². The van der Waals surface area contributed by atoms with Crippen LogP contribution in [0.2, 0.25) is 0 Å². The number of benzene rings is 2. The molecular formula is C53H78O10. The Bertz CT molecular complexity index is 1640. The summed E-state index contributed by atoms with van der Waals surface area (Å²) in [4.78, 5) is 36.6. The molecule has 0 unspecified atom stereocenters. The van der Waals surface area contributed by atoms with Gasteiger partial charge in [-0.25, -0.2) is 4.79 Å². The Morgan fingerprint density at radius 1 is 0.635 bits per heavy atom. The van der Waals surface area contributed by atoms with Gasteiger partial charge in [-0.3, -0.25) is 9.59 Å². The lowest BCUT2D eigenvalue weighted by atomic mass is 10.00. The third-order valence-corrected chi connectivity index (χ3v) is 13.2. The zero-order valence-electron chi connectivity index (χ0n) is 38.2. The molecule has 10 heteroatoms. The fourth-order valence-electron chi connectivity index (χ4n) is 9.39. The number of aliphatic hydroxyl groups excluding tert-OH is 3. The molecule has 63 heavy (non-hydrogen) atoms. The van der Waals surface area contributed by atoms with E-state index in [-0.39, 0.29) is 48.2 Å². The Morgan fingerprint density at radius 3 is 1.65 bits per heavy atom. The number of ketones is 1. The van der Waals surface area contributed by atoms with Crippen LogP contribution >= 0.6 is 0 Å². The Balaban J connectivity index is 0.778. The van der Waals surface area contributed by atoms with Gasteiger partial charge < -0.3 is 34.3 Å². The number of unbranched alkanes of at least 4 members (excludes halogenated alkanes) is 14. The third-order valence-electron chi connectivity index (χ3n) is 13.2. The van der Waals surface area contributed by atoms with Crippen molar-refractivity contribution in [3.8, 4) is 0 Å². The summed E-state index contributed by atoms with van der Waals surface area (Å²) in [5.74, 6) is -0.476. The highest BCUT2D eigenvalue weighted by molar-refractivity contribution is 6.08. The molecule has 2 aromatic carbocycles. The molecule has 0 spiro atoms. The number of cyclic esters (lactones) is 1. The third kappa shape index (κ3) is 18.5. The van der Waals surface area contributed by atoms with E-state index in [1.165, 1.54) is 32.1 Å². The van der Waals surface area contributed by atoms with Crippen molar-refractivity contribution in [1.82, 2.24) is 0 Å². The molecule has 0 amide bonds. The van der Waals surface area contributed by atoms with Gasteiger partial charge in [0.05, 0.1) is 49.3 Å². The van der Waals surface area contributed by atoms with E-state index in [4.69, 9.17) is 18.9 Å². The van der Waals surface area contributed by atoms with Crippen LogP contribution in [-0.4, -0.2) is 88.5 Å². The molecule has 0 bridgehead atoms. The van der Waals surface area contributed by atoms with Crippen LogP contribution < -0.4 is 0 Å². The van der Waals surface area contributed by atoms with Crippen LogP contribution in [0, 0.1) is 0 Å². The van der Waals surface area contributed by atoms with Crippen LogP contribution in [0.4, 0.5) is 0 Å². The van der Waals surface area contributed by atoms with Gasteiger partial charge in [0, 0.05) is 29.5 Å². The first-order valence-electron chi connectivity index (χ1n) is 24.8. The summed E-state index contributed by atoms with van der Waals surface area (Å²) in [5.41, 5.74) is 2.92. The number of aryl methyl sites for hydroxylation is 1. The van der Waals surface area contributed by atoms with E-state index in [0.29, 0.717) is 49.0 Å². The Morgan fingerprint density at radius 2 is 1.13 bits per heavy atom. The summed E-state index contributed by atoms with van der Waals surface area (Å²) in [5, 5.41) is 32.0. The molecule has 2 aromatic rings. The number of esters is 2. The van der Waals surface area contributed by atoms with Gasteiger partial charge in [-0.15, -0.1) is 0 Å². The molecule has 0 aromatic heterocycles. The summed E-state index contributed by atoms with van der Waals surface area (Å²) in [6, 6.07) is 16.7. The minimum absolute atomic E-state index is 0.00336. The van der Waals surface area contributed by atoms with Crippen molar-refractivity contribution in [3.63, 3.8) is 0 Å². The summed E-state index contributed by atoms with van der Waals surface area (Å²) in [6.07, 6.45) is 24.6. The Hall–Kier alpha value is -3.41. The van der Waals surface area contributed by atoms with Crippen LogP contribution in [0.3, 0.4) is 0 Å². The molecule has 2 fully saturated rings. The minimum Gasteiger partial charge on any atom is -0.466 e. The second kappa shape index (κ2) is 28.5. The lowest BCUT2D eigenvalue weighted by Gasteiger charge is -2.24. The predicted molar refractivity (Wildman–Crippen MR) is 245 cm³/mol. The van der Waals surface area contributed by atoms with Crippen molar-refractivity contribution in [3.05, 3.63) is 82.9 Å². The normalized spacial score (nSPS) is 22.4. The lowest BCUT2D eigenvalue weighted by Crippen LogP contribution is -2.33. The molecule has 10 nitrogen and oxygen atoms in total. The first-order valence-corrected chi connectivity index (χ1v) is 24.8. The van der Waals surface area contributed by atoms with Crippen LogP contribution in [0.15, 0.2) is 66.2 Å². The van der Waals surface area contributed by atoms with Gasteiger partial charge in [0.1, 0.15) is 6.10 Å². The fraction of sp³-hybridized carbons (Fsp3) is 0.679. The molecule has 350 valence electrons. The molecule has 0 saturated carbocycles. The molecule has 2 saturated heterocycles. The molecule has 8 atom stereocenters. The number of hydrogen-bond acceptors (Lipinski definition) is 10. The zero-order valence-corrected chi connectivity index (χ0v) is 38.2. The van der Waals surface area contributed by atoms with Crippen LogP contribution in [0.1, 0.15) is 189 Å². The maximum Gasteiger partial charge on any atom is 0.334 e. The van der Waals surface area contributed by atoms with E-state index < -0.39 is 18.3 Å². The van der Waals surface area contributed by atoms with Crippen molar-refractivity contribution in [2.24, 2.45) is 0 Å². The van der Waals surface area contributed by atoms with Gasteiger partial charge in [-0.2, -0.15) is 0 Å². The molecule has 3 heterocycles. The second-order valence-corrected chi connectivity index (χ2v) is 18.5. The van der Waals surface area contributed by atoms with Crippen LogP contribution in [0.5, 0.6) is 0 Å². The Labute approximate surface area is 377 Å². The van der Waals surface area contributed by atoms with Gasteiger partial charge in [-0.05, 0) is 76.4 Å². The van der Waals surface area contributed by atoms with E-state index >= 15 is 0 Å². The number of ether oxygens (including phenoxy) is 4. The molecule has 0 radical (unpaired) electrons. The molecule has 3 aliphatic rings. The smallest absolute Gasteiger partial charge is 0.334 e. The van der Waals surface area contributed by atoms with Gasteiger partial charge in [0.2, 0.25) is 0 Å². The highest BCUT2D eigenvalue weighted by atomic mass is 16.6. The number of carbonyl (C=O) groups is 3. The highest BCUT2D eigenvalue weighted by Crippen LogP contribution is 2.35. The van der Waals surface area contributed by atoms with Crippen molar-refractivity contribution >= 4 is 17.7 Å². The minimum atomic E-state index is -0.480. The standard InChI is InChI=1S/C53H78O10/c1-39-37-43(53(59)61-39)38-44(54)23-17-10-6-2-3-7-11-18-24-45(55)47-31-33-49(62-47)50-34-32-48(63-50)46(56)25-19-12-8-4-5-9-13-20-36-60-51(57)35-28-40-26-29-42(30-27-40)52(58)41-21-15-14-16-22-41/h14-16,21-22,26-27,29-30,37,39,44-50,54-56H,2-13,17-20,23-25,28,31-36,38H2,1H3/t39-,44+,45+,46+,47+,48+,49+,50+/m0/s1. The molecule has 3 aliphatic heterocycles. The average Bonchev–Trinajstić information content (AvgIpc) is 4.06. The van der Waals surface area contributed by atoms with E-state index in [0.717, 1.165) is 115 Å². The van der Waals surface area contributed by atoms with Gasteiger partial charge in [-0.1, -0.05) is 151 Å². The number of rotatable bonds is 32. The summed E-state index contributed by atoms with van der Waals surface area (Å²) in [6.45, 7) is 2.29. The van der Waals surface area contributed by atoms with Gasteiger partial charge >= 0.3 is 11.9 Å². The number of aliphatic hydroxyl groups is 3. The van der Waals surface area contributed by atoms with Gasteiger partial charge in [0.25, 0.3) is 0 Å². The Kier molecular flexibility index (Phi) is 22.9. The zero-order chi connectivity index (χ0) is 44.7. The maximum absolute atomic E-state index is 12.6. The van der Waals surface area contributed by atoms with E-state index in [1.54, 1.807) is 0 Å². The second-order valence-electron chi connectivity index (χ2n) is 18.5. The fourth-order valence-corrected chi connectivity index (χ4v) is 9.39. The number of hydrogen-bond donors (Lipinski definition) is 3. The average molecular weight is 875 g/mol. The first kappa shape index (κ1) is 50.6. The molecule has 0 aliphatic carbocycles. The van der Waals surface area contributed by atoms with Crippen LogP contribution in [0.25, 0.3) is 0 Å². The highest BCUT2D eigenvalue weighted by Gasteiger charge is 2.40. The van der Waals surface area contributed by atoms with Crippen LogP contribution in [-0.2, 0) is 35.0 Å². The van der Waals surface area contributed by atoms with Crippen molar-refractivity contribution < 1.29 is 48.7 Å². The van der Waals surface area contributed by atoms with Gasteiger partial charge in [0.15, 0.2) is 5.78 Å². The maximum atomic E-state index is 12.6. The van der Waals surface area contributed by atoms with E-state index in [2.05, 4.69) is 0 Å². The first-order chi connectivity index (χ1) is 30.7. The summed E-state index contributed by atoms with van der Waals surface area (Å²) in [7, 11) is 0. The molecule has 5 rings (SSSR count). The quantitative estimate of drug-likeness (QED) is 0.0368. The van der Waals surface area contributed by atoms with Crippen molar-refractivity contribution in [1.29, 1.82) is 0 Å². The summed E-state index contributed by atoms with van der Waals surface area (Å²) < 4.78 is 23.2. The number of carbonyl (C=O) groups excluding carboxylic acids is 3. The molecular weight excluding hydrogens is 797 g/mol. The predicted octanol–water partition coefficient (Wildman–Crippen LogP) is 10.2. The lowest BCUT2D eigenvalue weighted by molar-refractivity contribution is -0.143. The largest absolute Gasteiger partial charge is 0.466 e. The monoisotopic (exact) mass is 875 g/mol. The van der Waals surface area contributed by atoms with E-state index in [1.807, 2.05) is 67.6 Å². The van der Waals surface area contributed by atoms with E-state index in [9.17, 15) is 29.7 Å². The topological polar surface area (TPSA) is 149 Å². The SMILES string of the molecule is C[C@H]1C=C(C[C@H](O)CCCCCCCCCC[C@@H](O)[C@H]2CC[C@H]([C@H]3CC[C@H]([C@H](O)CCCCCCCCCCOC(=O)CCc4ccc(C(=O)c5ccccc5)cc4)O3)O2)C(=O)O1.